The number of benzene rings is 4. The van der Waals surface area contributed by atoms with Crippen molar-refractivity contribution in [3.8, 4) is 5.88 Å². The van der Waals surface area contributed by atoms with Gasteiger partial charge in [-0.15, -0.1) is 0 Å². The van der Waals surface area contributed by atoms with Crippen LogP contribution in [0, 0.1) is 0 Å². The summed E-state index contributed by atoms with van der Waals surface area (Å²) in [6.07, 6.45) is 15.2. The van der Waals surface area contributed by atoms with Gasteiger partial charge in [0.1, 0.15) is 12.1 Å². The molecule has 2 aliphatic rings. The number of unbranched alkanes of at least 4 members (excludes halogenated alkanes) is 2. The van der Waals surface area contributed by atoms with E-state index in [1.54, 1.807) is 0 Å². The highest BCUT2D eigenvalue weighted by Gasteiger charge is 2.30. The molecule has 4 aromatic carbocycles. The van der Waals surface area contributed by atoms with E-state index in [2.05, 4.69) is 130 Å². The van der Waals surface area contributed by atoms with Gasteiger partial charge in [0.05, 0.1) is 10.9 Å². The number of nitrogens with one attached hydrogen (secondary N) is 2. The van der Waals surface area contributed by atoms with Crippen molar-refractivity contribution in [3.05, 3.63) is 139 Å². The second-order valence-corrected chi connectivity index (χ2v) is 13.7. The van der Waals surface area contributed by atoms with Gasteiger partial charge in [-0.1, -0.05) is 93.4 Å². The summed E-state index contributed by atoms with van der Waals surface area (Å²) in [6.45, 7) is 6.23. The van der Waals surface area contributed by atoms with Crippen LogP contribution >= 0.6 is 0 Å². The average molecular weight is 676 g/mol. The first-order valence-electron chi connectivity index (χ1n) is 18.3. The summed E-state index contributed by atoms with van der Waals surface area (Å²) in [5.41, 5.74) is 6.10. The molecule has 3 heterocycles. The Morgan fingerprint density at radius 1 is 0.824 bits per heavy atom. The van der Waals surface area contributed by atoms with Crippen molar-refractivity contribution in [2.75, 3.05) is 6.54 Å². The molecular formula is C44H43N4O3+. The van der Waals surface area contributed by atoms with E-state index in [1.807, 2.05) is 0 Å². The van der Waals surface area contributed by atoms with E-state index < -0.39 is 17.1 Å². The van der Waals surface area contributed by atoms with Crippen molar-refractivity contribution >= 4 is 55.5 Å². The molecule has 0 atom stereocenters. The van der Waals surface area contributed by atoms with Crippen LogP contribution in [0.2, 0.25) is 0 Å². The number of aromatic hydroxyl groups is 1. The third-order valence-corrected chi connectivity index (χ3v) is 10.5. The van der Waals surface area contributed by atoms with Gasteiger partial charge in [0.2, 0.25) is 17.3 Å². The smallest absolute Gasteiger partial charge is 0.328 e. The summed E-state index contributed by atoms with van der Waals surface area (Å²) in [5, 5.41) is 18.4. The average Bonchev–Trinajstić information content (AvgIpc) is 3.61. The molecule has 1 aliphatic heterocycles. The van der Waals surface area contributed by atoms with E-state index in [0.29, 0.717) is 5.57 Å². The number of aryl methyl sites for hydroxylation is 1. The minimum atomic E-state index is -0.732. The van der Waals surface area contributed by atoms with Crippen LogP contribution in [0.25, 0.3) is 44.1 Å². The number of nitrogens with zero attached hydrogens (tertiary/aromatic N) is 2. The molecule has 0 radical (unpaired) electrons. The Morgan fingerprint density at radius 3 is 2.35 bits per heavy atom. The zero-order valence-electron chi connectivity index (χ0n) is 29.3. The molecule has 0 bridgehead atoms. The molecule has 3 N–H and O–H groups in total. The SMILES string of the molecule is CCCCn1/c(=C/C=C2\CCCC(/C=C/C3=[N+](CCCC)c4cccc5cccc3c45)=C2c2c(O)[nH]c(=O)[nH]c2=O)c2cccc3cccc1c32. The normalized spacial score (nSPS) is 16.0. The Balaban J connectivity index is 1.34. The van der Waals surface area contributed by atoms with E-state index >= 15 is 0 Å². The summed E-state index contributed by atoms with van der Waals surface area (Å²) >= 11 is 0. The zero-order chi connectivity index (χ0) is 35.1. The highest BCUT2D eigenvalue weighted by molar-refractivity contribution is 6.19. The lowest BCUT2D eigenvalue weighted by molar-refractivity contribution is -0.436. The maximum atomic E-state index is 13.5. The van der Waals surface area contributed by atoms with Crippen molar-refractivity contribution in [3.63, 3.8) is 0 Å². The third-order valence-electron chi connectivity index (χ3n) is 10.5. The quantitative estimate of drug-likeness (QED) is 0.127. The lowest BCUT2D eigenvalue weighted by Crippen LogP contribution is -2.26. The number of hydrogen-bond acceptors (Lipinski definition) is 3. The molecule has 6 aromatic rings. The number of allylic oxidation sites excluding steroid dienone is 6. The molecule has 0 amide bonds. The molecule has 8 rings (SSSR count). The molecule has 0 spiro atoms. The summed E-state index contributed by atoms with van der Waals surface area (Å²) < 4.78 is 4.82. The third kappa shape index (κ3) is 5.67. The number of aromatic amines is 2. The van der Waals surface area contributed by atoms with Crippen LogP contribution in [0.4, 0.5) is 5.69 Å². The summed E-state index contributed by atoms with van der Waals surface area (Å²) in [5.74, 6) is -0.414. The fourth-order valence-corrected chi connectivity index (χ4v) is 8.19. The first kappa shape index (κ1) is 32.5. The van der Waals surface area contributed by atoms with Crippen LogP contribution in [0.5, 0.6) is 5.88 Å². The van der Waals surface area contributed by atoms with Crippen molar-refractivity contribution in [1.29, 1.82) is 0 Å². The van der Waals surface area contributed by atoms with Gasteiger partial charge in [-0.2, -0.15) is 4.58 Å². The highest BCUT2D eigenvalue weighted by atomic mass is 16.3. The van der Waals surface area contributed by atoms with Gasteiger partial charge in [-0.3, -0.25) is 14.8 Å². The second kappa shape index (κ2) is 13.6. The number of H-pyrrole nitrogens is 2. The lowest BCUT2D eigenvalue weighted by atomic mass is 9.83. The number of aromatic nitrogens is 3. The maximum Gasteiger partial charge on any atom is 0.328 e. The summed E-state index contributed by atoms with van der Waals surface area (Å²) in [7, 11) is 0. The number of hydrogen-bond donors (Lipinski definition) is 3. The van der Waals surface area contributed by atoms with Crippen LogP contribution < -0.4 is 16.6 Å². The molecule has 256 valence electrons. The molecule has 7 heteroatoms. The zero-order valence-corrected chi connectivity index (χ0v) is 29.3. The maximum absolute atomic E-state index is 13.5. The lowest BCUT2D eigenvalue weighted by Gasteiger charge is -2.21. The Morgan fingerprint density at radius 2 is 1.57 bits per heavy atom. The Kier molecular flexibility index (Phi) is 8.64. The molecule has 0 unspecified atom stereocenters. The molecule has 0 saturated carbocycles. The minimum absolute atomic E-state index is 0.0999. The van der Waals surface area contributed by atoms with E-state index in [9.17, 15) is 14.7 Å². The Bertz CT molecular complexity index is 2630. The fraction of sp³-hybridized carbons (Fsp3) is 0.250. The summed E-state index contributed by atoms with van der Waals surface area (Å²) in [4.78, 5) is 30.5. The van der Waals surface area contributed by atoms with Gasteiger partial charge in [0, 0.05) is 46.7 Å². The monoisotopic (exact) mass is 675 g/mol. The van der Waals surface area contributed by atoms with Gasteiger partial charge < -0.3 is 9.67 Å². The molecule has 7 nitrogen and oxygen atoms in total. The predicted molar refractivity (Wildman–Crippen MR) is 209 cm³/mol. The highest BCUT2D eigenvalue weighted by Crippen LogP contribution is 2.40. The van der Waals surface area contributed by atoms with Crippen molar-refractivity contribution in [2.45, 2.75) is 65.3 Å². The first-order valence-corrected chi connectivity index (χ1v) is 18.3. The van der Waals surface area contributed by atoms with E-state index in [0.717, 1.165) is 80.2 Å². The van der Waals surface area contributed by atoms with Crippen LogP contribution in [-0.4, -0.2) is 36.5 Å². The van der Waals surface area contributed by atoms with E-state index in [-0.39, 0.29) is 5.56 Å². The van der Waals surface area contributed by atoms with Crippen molar-refractivity contribution in [2.24, 2.45) is 0 Å². The minimum Gasteiger partial charge on any atom is -0.494 e. The van der Waals surface area contributed by atoms with Crippen LogP contribution in [0.1, 0.15) is 69.9 Å². The first-order chi connectivity index (χ1) is 25.0. The molecule has 2 aromatic heterocycles. The molecule has 51 heavy (non-hydrogen) atoms. The Labute approximate surface area is 296 Å². The topological polar surface area (TPSA) is 93.9 Å². The Hall–Kier alpha value is -5.69. The van der Waals surface area contributed by atoms with Gasteiger partial charge >= 0.3 is 5.69 Å². The summed E-state index contributed by atoms with van der Waals surface area (Å²) in [6, 6.07) is 25.9. The van der Waals surface area contributed by atoms with Gasteiger partial charge in [-0.25, -0.2) is 4.79 Å². The molecule has 0 fully saturated rings. The molecular weight excluding hydrogens is 633 g/mol. The van der Waals surface area contributed by atoms with Crippen LogP contribution in [0.3, 0.4) is 0 Å². The van der Waals surface area contributed by atoms with Crippen LogP contribution in [0.15, 0.2) is 112 Å². The van der Waals surface area contributed by atoms with Gasteiger partial charge in [-0.05, 0) is 71.4 Å². The standard InChI is InChI=1S/C44H42N4O3/c1-3-5-26-47-34(32-18-8-14-28-16-10-20-36(47)39(28)32)24-22-30-12-7-13-31(38(30)41-42(49)45-44(51)46-43(41)50)23-25-35-33-19-9-15-29-17-11-21-37(40(29)33)48(35)27-6-4-2/h8-11,14-25H,3-7,12-13,26-27H2,1-2H3,(H2,45,46,49,50,51)/p+1/b30-22+,34-24+. The largest absolute Gasteiger partial charge is 0.494 e. The fourth-order valence-electron chi connectivity index (χ4n) is 8.19. The molecule has 0 saturated heterocycles. The number of rotatable bonds is 10. The van der Waals surface area contributed by atoms with Crippen molar-refractivity contribution in [1.82, 2.24) is 14.5 Å². The second-order valence-electron chi connectivity index (χ2n) is 13.7. The van der Waals surface area contributed by atoms with Crippen molar-refractivity contribution < 1.29 is 9.68 Å². The van der Waals surface area contributed by atoms with E-state index in [1.165, 1.54) is 43.7 Å². The van der Waals surface area contributed by atoms with Gasteiger partial charge in [0.25, 0.3) is 5.56 Å². The van der Waals surface area contributed by atoms with Crippen LogP contribution in [-0.2, 0) is 6.54 Å². The van der Waals surface area contributed by atoms with E-state index in [4.69, 9.17) is 0 Å². The predicted octanol–water partition coefficient (Wildman–Crippen LogP) is 8.40. The van der Waals surface area contributed by atoms with Gasteiger partial charge in [0.15, 0.2) is 0 Å². The molecule has 1 aliphatic carbocycles.